The first-order chi connectivity index (χ1) is 16.5. The highest BCUT2D eigenvalue weighted by Gasteiger charge is 2.33. The Morgan fingerprint density at radius 1 is 0.941 bits per heavy atom. The molecule has 1 aliphatic heterocycles. The quantitative estimate of drug-likeness (QED) is 0.471. The fourth-order valence-corrected chi connectivity index (χ4v) is 4.40. The number of nitrogens with zero attached hydrogens (tertiary/aromatic N) is 2. The number of aromatic hydroxyl groups is 1. The molecule has 1 amide bonds. The lowest BCUT2D eigenvalue weighted by atomic mass is 10.1. The molecule has 0 spiro atoms. The highest BCUT2D eigenvalue weighted by atomic mass is 32.2. The van der Waals surface area contributed by atoms with Crippen LogP contribution in [0.4, 0.5) is 5.69 Å². The monoisotopic (exact) mass is 476 g/mol. The fourth-order valence-electron chi connectivity index (χ4n) is 3.41. The van der Waals surface area contributed by atoms with Crippen LogP contribution in [0.25, 0.3) is 6.08 Å². The molecule has 3 aromatic rings. The number of hydrogen-bond donors (Lipinski definition) is 1. The molecular formula is C26H24N2O5S. The van der Waals surface area contributed by atoms with E-state index in [0.29, 0.717) is 22.2 Å². The van der Waals surface area contributed by atoms with E-state index in [0.717, 1.165) is 17.0 Å². The van der Waals surface area contributed by atoms with Crippen molar-refractivity contribution in [2.45, 2.75) is 6.54 Å². The molecule has 174 valence electrons. The smallest absolute Gasteiger partial charge is 0.267 e. The maximum absolute atomic E-state index is 13.4. The number of carbonyl (C=O) groups is 1. The van der Waals surface area contributed by atoms with Crippen molar-refractivity contribution in [1.29, 1.82) is 0 Å². The first kappa shape index (κ1) is 23.3. The molecule has 1 saturated heterocycles. The molecule has 0 atom stereocenters. The number of phenolic OH excluding ortho intramolecular Hbond substituents is 1. The Morgan fingerprint density at radius 3 is 2.18 bits per heavy atom. The minimum atomic E-state index is -0.165. The Balaban J connectivity index is 1.71. The number of phenols is 1. The number of aliphatic imine (C=N–C) groups is 1. The summed E-state index contributed by atoms with van der Waals surface area (Å²) in [4.78, 5) is 20.3. The number of benzene rings is 3. The summed E-state index contributed by atoms with van der Waals surface area (Å²) in [6, 6.07) is 20.4. The lowest BCUT2D eigenvalue weighted by Gasteiger charge is -2.16. The molecule has 3 aromatic carbocycles. The zero-order valence-corrected chi connectivity index (χ0v) is 19.8. The summed E-state index contributed by atoms with van der Waals surface area (Å²) in [5.74, 6) is 1.01. The van der Waals surface area contributed by atoms with Crippen molar-refractivity contribution >= 4 is 34.6 Å². The van der Waals surface area contributed by atoms with E-state index in [2.05, 4.69) is 0 Å². The van der Waals surface area contributed by atoms with Gasteiger partial charge in [-0.3, -0.25) is 9.69 Å². The van der Waals surface area contributed by atoms with Gasteiger partial charge in [0.1, 0.15) is 5.75 Å². The molecular weight excluding hydrogens is 452 g/mol. The molecule has 0 radical (unpaired) electrons. The van der Waals surface area contributed by atoms with Crippen LogP contribution < -0.4 is 14.2 Å². The van der Waals surface area contributed by atoms with E-state index in [9.17, 15) is 9.90 Å². The van der Waals surface area contributed by atoms with E-state index in [1.165, 1.54) is 26.0 Å². The van der Waals surface area contributed by atoms with Crippen molar-refractivity contribution in [3.05, 3.63) is 82.8 Å². The molecule has 4 rings (SSSR count). The minimum absolute atomic E-state index is 0.0926. The Kier molecular flexibility index (Phi) is 7.08. The van der Waals surface area contributed by atoms with Gasteiger partial charge in [0.05, 0.1) is 38.5 Å². The van der Waals surface area contributed by atoms with Gasteiger partial charge in [-0.2, -0.15) is 0 Å². The number of amides is 1. The van der Waals surface area contributed by atoms with Gasteiger partial charge in [-0.25, -0.2) is 4.99 Å². The van der Waals surface area contributed by atoms with Crippen molar-refractivity contribution in [3.8, 4) is 23.0 Å². The van der Waals surface area contributed by atoms with Gasteiger partial charge >= 0.3 is 0 Å². The standard InChI is InChI=1S/C26H24N2O5S/c1-31-20-11-9-17(10-12-20)16-28-25(30)23(34-26(28)27-19-7-5-4-6-8-19)15-18-13-21(32-2)24(29)22(14-18)33-3/h4-15,29H,16H2,1-3H3. The molecule has 0 saturated carbocycles. The second-order valence-electron chi connectivity index (χ2n) is 7.35. The van der Waals surface area contributed by atoms with Crippen LogP contribution in [-0.2, 0) is 11.3 Å². The Bertz CT molecular complexity index is 1210. The average Bonchev–Trinajstić information content (AvgIpc) is 3.14. The van der Waals surface area contributed by atoms with E-state index in [1.807, 2.05) is 54.6 Å². The molecule has 0 bridgehead atoms. The van der Waals surface area contributed by atoms with Crippen LogP contribution in [0.5, 0.6) is 23.0 Å². The van der Waals surface area contributed by atoms with E-state index in [4.69, 9.17) is 19.2 Å². The summed E-state index contributed by atoms with van der Waals surface area (Å²) in [6.07, 6.45) is 1.74. The first-order valence-electron chi connectivity index (χ1n) is 10.5. The normalized spacial score (nSPS) is 15.7. The van der Waals surface area contributed by atoms with Crippen LogP contribution in [0.3, 0.4) is 0 Å². The fraction of sp³-hybridized carbons (Fsp3) is 0.154. The third kappa shape index (κ3) is 5.02. The highest BCUT2D eigenvalue weighted by Crippen LogP contribution is 2.40. The number of ether oxygens (including phenoxy) is 3. The topological polar surface area (TPSA) is 80.6 Å². The van der Waals surface area contributed by atoms with E-state index in [1.54, 1.807) is 30.2 Å². The van der Waals surface area contributed by atoms with Crippen LogP contribution in [0.2, 0.25) is 0 Å². The molecule has 1 aliphatic rings. The molecule has 8 heteroatoms. The van der Waals surface area contributed by atoms with Crippen LogP contribution in [0.15, 0.2) is 76.6 Å². The number of thioether (sulfide) groups is 1. The van der Waals surface area contributed by atoms with Crippen LogP contribution in [0, 0.1) is 0 Å². The Hall–Kier alpha value is -3.91. The number of methoxy groups -OCH3 is 3. The molecule has 34 heavy (non-hydrogen) atoms. The number of amidine groups is 1. The first-order valence-corrected chi connectivity index (χ1v) is 11.3. The largest absolute Gasteiger partial charge is 0.502 e. The third-order valence-electron chi connectivity index (χ3n) is 5.17. The van der Waals surface area contributed by atoms with Crippen LogP contribution in [-0.4, -0.2) is 42.4 Å². The van der Waals surface area contributed by atoms with E-state index in [-0.39, 0.29) is 23.2 Å². The van der Waals surface area contributed by atoms with Crippen molar-refractivity contribution in [1.82, 2.24) is 4.90 Å². The second-order valence-corrected chi connectivity index (χ2v) is 8.36. The van der Waals surface area contributed by atoms with Crippen molar-refractivity contribution < 1.29 is 24.1 Å². The summed E-state index contributed by atoms with van der Waals surface area (Å²) in [7, 11) is 4.54. The van der Waals surface area contributed by atoms with Gasteiger partial charge in [-0.15, -0.1) is 0 Å². The van der Waals surface area contributed by atoms with Gasteiger partial charge in [-0.1, -0.05) is 30.3 Å². The molecule has 0 unspecified atom stereocenters. The van der Waals surface area contributed by atoms with Gasteiger partial charge in [0, 0.05) is 0 Å². The van der Waals surface area contributed by atoms with Gasteiger partial charge in [0.25, 0.3) is 5.91 Å². The molecule has 7 nitrogen and oxygen atoms in total. The number of para-hydroxylation sites is 1. The maximum Gasteiger partial charge on any atom is 0.267 e. The number of carbonyl (C=O) groups excluding carboxylic acids is 1. The Labute approximate surface area is 202 Å². The lowest BCUT2D eigenvalue weighted by molar-refractivity contribution is -0.122. The minimum Gasteiger partial charge on any atom is -0.502 e. The second kappa shape index (κ2) is 10.4. The summed E-state index contributed by atoms with van der Waals surface area (Å²) < 4.78 is 15.7. The molecule has 0 aliphatic carbocycles. The van der Waals surface area contributed by atoms with Crippen LogP contribution in [0.1, 0.15) is 11.1 Å². The number of hydrogen-bond acceptors (Lipinski definition) is 7. The number of rotatable bonds is 7. The maximum atomic E-state index is 13.4. The molecule has 1 fully saturated rings. The van der Waals surface area contributed by atoms with Crippen LogP contribution >= 0.6 is 11.8 Å². The van der Waals surface area contributed by atoms with E-state index < -0.39 is 0 Å². The Morgan fingerprint density at radius 2 is 1.59 bits per heavy atom. The average molecular weight is 477 g/mol. The summed E-state index contributed by atoms with van der Waals surface area (Å²) in [6.45, 7) is 0.362. The predicted molar refractivity (Wildman–Crippen MR) is 134 cm³/mol. The molecule has 0 aromatic heterocycles. The highest BCUT2D eigenvalue weighted by molar-refractivity contribution is 8.18. The SMILES string of the molecule is COc1ccc(CN2C(=O)C(=Cc3cc(OC)c(O)c(OC)c3)SC2=Nc2ccccc2)cc1. The zero-order valence-electron chi connectivity index (χ0n) is 19.0. The summed E-state index contributed by atoms with van der Waals surface area (Å²) >= 11 is 1.29. The zero-order chi connectivity index (χ0) is 24.1. The van der Waals surface area contributed by atoms with Crippen molar-refractivity contribution in [3.63, 3.8) is 0 Å². The van der Waals surface area contributed by atoms with Gasteiger partial charge in [0.15, 0.2) is 16.7 Å². The molecule has 1 N–H and O–H groups in total. The lowest BCUT2D eigenvalue weighted by Crippen LogP contribution is -2.28. The predicted octanol–water partition coefficient (Wildman–Crippen LogP) is 5.22. The van der Waals surface area contributed by atoms with Gasteiger partial charge in [0.2, 0.25) is 5.75 Å². The summed E-state index contributed by atoms with van der Waals surface area (Å²) in [5.41, 5.74) is 2.36. The van der Waals surface area contributed by atoms with Crippen molar-refractivity contribution in [2.75, 3.05) is 21.3 Å². The van der Waals surface area contributed by atoms with Crippen molar-refractivity contribution in [2.24, 2.45) is 4.99 Å². The summed E-state index contributed by atoms with van der Waals surface area (Å²) in [5, 5.41) is 10.8. The van der Waals surface area contributed by atoms with E-state index >= 15 is 0 Å². The van der Waals surface area contributed by atoms with Gasteiger partial charge in [-0.05, 0) is 65.4 Å². The molecule has 1 heterocycles. The van der Waals surface area contributed by atoms with Gasteiger partial charge < -0.3 is 19.3 Å². The third-order valence-corrected chi connectivity index (χ3v) is 6.18.